The molecule has 1 aliphatic rings. The number of halogens is 1. The number of carbonyl (C=O) groups is 2. The summed E-state index contributed by atoms with van der Waals surface area (Å²) in [4.78, 5) is 32.1. The summed E-state index contributed by atoms with van der Waals surface area (Å²) < 4.78 is 18.6. The van der Waals surface area contributed by atoms with E-state index in [0.29, 0.717) is 50.5 Å². The van der Waals surface area contributed by atoms with Crippen LogP contribution in [-0.2, 0) is 17.8 Å². The van der Waals surface area contributed by atoms with Gasteiger partial charge in [0.1, 0.15) is 11.6 Å². The van der Waals surface area contributed by atoms with Gasteiger partial charge in [0.05, 0.1) is 7.11 Å². The normalized spacial score (nSPS) is 13.8. The summed E-state index contributed by atoms with van der Waals surface area (Å²) in [6, 6.07) is 23.4. The lowest BCUT2D eigenvalue weighted by molar-refractivity contribution is -0.132. The molecule has 0 radical (unpaired) electrons. The third-order valence-electron chi connectivity index (χ3n) is 6.79. The molecule has 2 amide bonds. The zero-order chi connectivity index (χ0) is 26.0. The van der Waals surface area contributed by atoms with E-state index in [1.54, 1.807) is 48.4 Å². The fourth-order valence-corrected chi connectivity index (χ4v) is 4.52. The van der Waals surface area contributed by atoms with E-state index in [2.05, 4.69) is 17.0 Å². The first-order valence-electron chi connectivity index (χ1n) is 12.7. The van der Waals surface area contributed by atoms with Crippen molar-refractivity contribution in [3.8, 4) is 5.75 Å². The smallest absolute Gasteiger partial charge is 0.254 e. The molecule has 0 unspecified atom stereocenters. The predicted octanol–water partition coefficient (Wildman–Crippen LogP) is 4.25. The maximum atomic E-state index is 13.4. The summed E-state index contributed by atoms with van der Waals surface area (Å²) in [5, 5.41) is 0. The molecule has 0 aromatic heterocycles. The second-order valence-corrected chi connectivity index (χ2v) is 9.29. The fraction of sp³-hybridized carbons (Fsp3) is 0.333. The molecule has 7 heteroatoms. The van der Waals surface area contributed by atoms with E-state index in [9.17, 15) is 14.0 Å². The van der Waals surface area contributed by atoms with Crippen LogP contribution in [0.3, 0.4) is 0 Å². The first-order valence-corrected chi connectivity index (χ1v) is 12.7. The molecule has 1 heterocycles. The third-order valence-corrected chi connectivity index (χ3v) is 6.79. The quantitative estimate of drug-likeness (QED) is 0.415. The summed E-state index contributed by atoms with van der Waals surface area (Å²) in [7, 11) is 1.59. The van der Waals surface area contributed by atoms with Gasteiger partial charge >= 0.3 is 0 Å². The van der Waals surface area contributed by atoms with Gasteiger partial charge in [0.2, 0.25) is 5.91 Å². The Bertz CT molecular complexity index is 1140. The average Bonchev–Trinajstić information content (AvgIpc) is 2.95. The van der Waals surface area contributed by atoms with Crippen LogP contribution in [0.15, 0.2) is 78.9 Å². The van der Waals surface area contributed by atoms with Crippen LogP contribution in [0, 0.1) is 5.82 Å². The first kappa shape index (κ1) is 26.4. The van der Waals surface area contributed by atoms with Gasteiger partial charge in [-0.05, 0) is 53.9 Å². The van der Waals surface area contributed by atoms with Gasteiger partial charge in [-0.2, -0.15) is 0 Å². The molecule has 3 aromatic rings. The van der Waals surface area contributed by atoms with Crippen LogP contribution < -0.4 is 4.74 Å². The number of rotatable bonds is 10. The maximum absolute atomic E-state index is 13.4. The average molecular weight is 504 g/mol. The summed E-state index contributed by atoms with van der Waals surface area (Å²) in [5.41, 5.74) is 2.63. The highest BCUT2D eigenvalue weighted by Crippen LogP contribution is 2.16. The van der Waals surface area contributed by atoms with Crippen LogP contribution in [0.1, 0.15) is 27.9 Å². The minimum absolute atomic E-state index is 0.0818. The van der Waals surface area contributed by atoms with Crippen molar-refractivity contribution in [2.24, 2.45) is 0 Å². The Labute approximate surface area is 218 Å². The lowest BCUT2D eigenvalue weighted by Gasteiger charge is -2.36. The molecule has 0 bridgehead atoms. The number of carbonyl (C=O) groups excluding carboxylic acids is 2. The zero-order valence-electron chi connectivity index (χ0n) is 21.3. The van der Waals surface area contributed by atoms with Gasteiger partial charge in [-0.25, -0.2) is 4.39 Å². The van der Waals surface area contributed by atoms with Crippen LogP contribution in [0.25, 0.3) is 0 Å². The molecule has 0 spiro atoms. The summed E-state index contributed by atoms with van der Waals surface area (Å²) in [6.45, 7) is 4.56. The Morgan fingerprint density at radius 1 is 0.865 bits per heavy atom. The molecule has 4 rings (SSSR count). The minimum Gasteiger partial charge on any atom is -0.497 e. The monoisotopic (exact) mass is 503 g/mol. The number of nitrogens with zero attached hydrogens (tertiary/aromatic N) is 3. The number of aryl methyl sites for hydroxylation is 1. The van der Waals surface area contributed by atoms with E-state index >= 15 is 0 Å². The van der Waals surface area contributed by atoms with Crippen LogP contribution in [0.2, 0.25) is 0 Å². The third kappa shape index (κ3) is 7.64. The molecule has 1 aliphatic heterocycles. The van der Waals surface area contributed by atoms with Gasteiger partial charge in [0.15, 0.2) is 0 Å². The van der Waals surface area contributed by atoms with Gasteiger partial charge in [0.25, 0.3) is 5.91 Å². The maximum Gasteiger partial charge on any atom is 0.254 e. The van der Waals surface area contributed by atoms with E-state index in [0.717, 1.165) is 25.1 Å². The van der Waals surface area contributed by atoms with Crippen LogP contribution in [0.5, 0.6) is 5.75 Å². The number of hydrogen-bond donors (Lipinski definition) is 0. The van der Waals surface area contributed by atoms with E-state index in [1.807, 2.05) is 23.1 Å². The molecule has 0 atom stereocenters. The molecule has 0 saturated carbocycles. The zero-order valence-corrected chi connectivity index (χ0v) is 21.3. The van der Waals surface area contributed by atoms with Gasteiger partial charge in [-0.3, -0.25) is 14.5 Å². The molecule has 0 N–H and O–H groups in total. The molecule has 1 fully saturated rings. The molecule has 0 aliphatic carbocycles. The lowest BCUT2D eigenvalue weighted by Crippen LogP contribution is -2.50. The Kier molecular flexibility index (Phi) is 9.27. The van der Waals surface area contributed by atoms with Crippen molar-refractivity contribution in [3.63, 3.8) is 0 Å². The molecule has 194 valence electrons. The Morgan fingerprint density at radius 2 is 1.54 bits per heavy atom. The van der Waals surface area contributed by atoms with Crippen LogP contribution in [-0.4, -0.2) is 72.9 Å². The molecule has 37 heavy (non-hydrogen) atoms. The molecule has 6 nitrogen and oxygen atoms in total. The Hall–Kier alpha value is -3.71. The SMILES string of the molecule is COc1ccc(C(=O)N(CCN2CCN(C(=O)CCc3ccccc3)CC2)Cc2ccc(F)cc2)cc1. The summed E-state index contributed by atoms with van der Waals surface area (Å²) in [6.07, 6.45) is 1.28. The molecule has 1 saturated heterocycles. The van der Waals surface area contributed by atoms with E-state index in [-0.39, 0.29) is 17.6 Å². The standard InChI is InChI=1S/C30H34FN3O3/c1-37-28-14-10-26(11-15-28)30(36)34(23-25-7-12-27(31)13-8-25)22-19-32-17-20-33(21-18-32)29(35)16-9-24-5-3-2-4-6-24/h2-8,10-15H,9,16-23H2,1H3. The van der Waals surface area contributed by atoms with Gasteiger partial charge < -0.3 is 14.5 Å². The molecular weight excluding hydrogens is 469 g/mol. The number of ether oxygens (including phenoxy) is 1. The number of benzene rings is 3. The lowest BCUT2D eigenvalue weighted by atomic mass is 10.1. The second kappa shape index (κ2) is 13.0. The van der Waals surface area contributed by atoms with Crippen molar-refractivity contribution in [2.75, 3.05) is 46.4 Å². The number of amides is 2. The van der Waals surface area contributed by atoms with Crippen LogP contribution >= 0.6 is 0 Å². The highest BCUT2D eigenvalue weighted by molar-refractivity contribution is 5.94. The van der Waals surface area contributed by atoms with Crippen molar-refractivity contribution >= 4 is 11.8 Å². The highest BCUT2D eigenvalue weighted by atomic mass is 19.1. The number of hydrogen-bond acceptors (Lipinski definition) is 4. The Morgan fingerprint density at radius 3 is 2.19 bits per heavy atom. The van der Waals surface area contributed by atoms with Gasteiger partial charge in [0, 0.05) is 57.8 Å². The Balaban J connectivity index is 1.31. The van der Waals surface area contributed by atoms with Crippen molar-refractivity contribution in [3.05, 3.63) is 101 Å². The van der Waals surface area contributed by atoms with Crippen molar-refractivity contribution < 1.29 is 18.7 Å². The van der Waals surface area contributed by atoms with Crippen LogP contribution in [0.4, 0.5) is 4.39 Å². The summed E-state index contributed by atoms with van der Waals surface area (Å²) >= 11 is 0. The van der Waals surface area contributed by atoms with Crippen molar-refractivity contribution in [2.45, 2.75) is 19.4 Å². The minimum atomic E-state index is -0.298. The summed E-state index contributed by atoms with van der Waals surface area (Å²) in [5.74, 6) is 0.503. The topological polar surface area (TPSA) is 53.1 Å². The second-order valence-electron chi connectivity index (χ2n) is 9.29. The van der Waals surface area contributed by atoms with E-state index in [1.165, 1.54) is 17.7 Å². The van der Waals surface area contributed by atoms with E-state index in [4.69, 9.17) is 4.74 Å². The van der Waals surface area contributed by atoms with Gasteiger partial charge in [-0.1, -0.05) is 42.5 Å². The molecule has 3 aromatic carbocycles. The van der Waals surface area contributed by atoms with Crippen molar-refractivity contribution in [1.29, 1.82) is 0 Å². The number of piperazine rings is 1. The largest absolute Gasteiger partial charge is 0.497 e. The fourth-order valence-electron chi connectivity index (χ4n) is 4.52. The highest BCUT2D eigenvalue weighted by Gasteiger charge is 2.23. The molecular formula is C30H34FN3O3. The number of methoxy groups -OCH3 is 1. The van der Waals surface area contributed by atoms with Gasteiger partial charge in [-0.15, -0.1) is 0 Å². The predicted molar refractivity (Wildman–Crippen MR) is 142 cm³/mol. The van der Waals surface area contributed by atoms with Crippen molar-refractivity contribution in [1.82, 2.24) is 14.7 Å². The first-order chi connectivity index (χ1) is 18.0. The van der Waals surface area contributed by atoms with E-state index < -0.39 is 0 Å².